The molecule has 2 aromatic carbocycles. The number of carbonyl (C=O) groups is 1. The van der Waals surface area contributed by atoms with Crippen LogP contribution in [0.3, 0.4) is 0 Å². The first kappa shape index (κ1) is 19.2. The summed E-state index contributed by atoms with van der Waals surface area (Å²) in [6, 6.07) is 16.3. The van der Waals surface area contributed by atoms with E-state index in [9.17, 15) is 4.79 Å². The molecule has 0 saturated carbocycles. The number of aromatic amines is 1. The van der Waals surface area contributed by atoms with Crippen molar-refractivity contribution in [3.63, 3.8) is 0 Å². The van der Waals surface area contributed by atoms with Crippen LogP contribution in [0.4, 0.5) is 0 Å². The Balaban J connectivity index is 1.48. The highest BCUT2D eigenvalue weighted by molar-refractivity contribution is 5.90. The highest BCUT2D eigenvalue weighted by atomic mass is 16.5. The van der Waals surface area contributed by atoms with E-state index < -0.39 is 5.41 Å². The highest BCUT2D eigenvalue weighted by Gasteiger charge is 2.43. The average molecular weight is 405 g/mol. The topological polar surface area (TPSA) is 63.3 Å². The molecule has 0 unspecified atom stereocenters. The molecule has 5 heteroatoms. The molecule has 3 aromatic rings. The molecule has 1 amide bonds. The predicted octanol–water partition coefficient (Wildman–Crippen LogP) is 4.42. The Labute approximate surface area is 176 Å². The van der Waals surface area contributed by atoms with Gasteiger partial charge in [0.15, 0.2) is 0 Å². The summed E-state index contributed by atoms with van der Waals surface area (Å²) in [7, 11) is 1.69. The number of benzene rings is 2. The molecule has 1 saturated heterocycles. The first-order valence-electron chi connectivity index (χ1n) is 10.8. The van der Waals surface area contributed by atoms with Gasteiger partial charge in [0.05, 0.1) is 18.6 Å². The number of aromatic nitrogens is 1. The van der Waals surface area contributed by atoms with Gasteiger partial charge in [0.25, 0.3) is 0 Å². The molecule has 2 heterocycles. The molecular weight excluding hydrogens is 376 g/mol. The van der Waals surface area contributed by atoms with Gasteiger partial charge >= 0.3 is 0 Å². The third kappa shape index (κ3) is 3.18. The Morgan fingerprint density at radius 1 is 1.17 bits per heavy atom. The maximum absolute atomic E-state index is 13.7. The molecule has 0 bridgehead atoms. The molecule has 1 fully saturated rings. The quantitative estimate of drug-likeness (QED) is 0.677. The van der Waals surface area contributed by atoms with Crippen LogP contribution in [0.5, 0.6) is 5.75 Å². The van der Waals surface area contributed by atoms with Crippen molar-refractivity contribution in [1.82, 2.24) is 10.3 Å². The zero-order chi connectivity index (χ0) is 20.6. The lowest BCUT2D eigenvalue weighted by Crippen LogP contribution is -2.49. The lowest BCUT2D eigenvalue weighted by atomic mass is 9.73. The Bertz CT molecular complexity index is 1050. The van der Waals surface area contributed by atoms with Crippen molar-refractivity contribution in [2.45, 2.75) is 43.6 Å². The van der Waals surface area contributed by atoms with Crippen molar-refractivity contribution in [2.24, 2.45) is 0 Å². The van der Waals surface area contributed by atoms with Gasteiger partial charge in [-0.25, -0.2) is 0 Å². The van der Waals surface area contributed by atoms with Crippen LogP contribution in [0, 0.1) is 0 Å². The number of hydrogen-bond acceptors (Lipinski definition) is 3. The molecule has 2 aliphatic rings. The fourth-order valence-electron chi connectivity index (χ4n) is 5.13. The third-order valence-electron chi connectivity index (χ3n) is 6.83. The van der Waals surface area contributed by atoms with E-state index in [4.69, 9.17) is 9.47 Å². The van der Waals surface area contributed by atoms with Gasteiger partial charge in [0.2, 0.25) is 5.91 Å². The van der Waals surface area contributed by atoms with Crippen molar-refractivity contribution in [3.05, 3.63) is 65.4 Å². The van der Waals surface area contributed by atoms with Crippen molar-refractivity contribution in [3.8, 4) is 5.75 Å². The summed E-state index contributed by atoms with van der Waals surface area (Å²) in [6.45, 7) is 1.23. The molecule has 0 spiro atoms. The SMILES string of the molecule is COc1ccc2[nH]c3c(c2c1)CCC[C@H]3NC(=O)C1(c2ccccc2)CCOCC1. The second-order valence-corrected chi connectivity index (χ2v) is 8.41. The van der Waals surface area contributed by atoms with E-state index in [2.05, 4.69) is 34.6 Å². The van der Waals surface area contributed by atoms with E-state index in [1.807, 2.05) is 24.3 Å². The zero-order valence-corrected chi connectivity index (χ0v) is 17.4. The number of carbonyl (C=O) groups excluding carboxylic acids is 1. The summed E-state index contributed by atoms with van der Waals surface area (Å²) >= 11 is 0. The Morgan fingerprint density at radius 2 is 1.97 bits per heavy atom. The van der Waals surface area contributed by atoms with Gasteiger partial charge in [-0.2, -0.15) is 0 Å². The van der Waals surface area contributed by atoms with E-state index in [-0.39, 0.29) is 11.9 Å². The Hall–Kier alpha value is -2.79. The van der Waals surface area contributed by atoms with Crippen LogP contribution >= 0.6 is 0 Å². The minimum atomic E-state index is -0.521. The standard InChI is InChI=1S/C25H28N2O3/c1-29-18-10-11-21-20(16-18)19-8-5-9-22(23(19)26-21)27-24(28)25(12-14-30-15-13-25)17-6-3-2-4-7-17/h2-4,6-7,10-11,16,22,26H,5,8-9,12-15H2,1H3,(H,27,28)/t22-/m1/s1. The molecule has 1 aliphatic carbocycles. The molecular formula is C25H28N2O3. The molecule has 1 aliphatic heterocycles. The molecule has 2 N–H and O–H groups in total. The van der Waals surface area contributed by atoms with Crippen LogP contribution < -0.4 is 10.1 Å². The maximum Gasteiger partial charge on any atom is 0.231 e. The van der Waals surface area contributed by atoms with E-state index >= 15 is 0 Å². The predicted molar refractivity (Wildman–Crippen MR) is 117 cm³/mol. The fraction of sp³-hybridized carbons (Fsp3) is 0.400. The minimum Gasteiger partial charge on any atom is -0.497 e. The summed E-state index contributed by atoms with van der Waals surface area (Å²) in [5.41, 5.74) is 4.12. The average Bonchev–Trinajstić information content (AvgIpc) is 3.19. The van der Waals surface area contributed by atoms with Crippen LogP contribution in [0.1, 0.15) is 48.5 Å². The molecule has 30 heavy (non-hydrogen) atoms. The first-order valence-corrected chi connectivity index (χ1v) is 10.8. The second-order valence-electron chi connectivity index (χ2n) is 8.41. The molecule has 1 atom stereocenters. The van der Waals surface area contributed by atoms with Gasteiger partial charge in [-0.1, -0.05) is 30.3 Å². The smallest absolute Gasteiger partial charge is 0.231 e. The summed E-state index contributed by atoms with van der Waals surface area (Å²) < 4.78 is 11.0. The van der Waals surface area contributed by atoms with Crippen molar-refractivity contribution >= 4 is 16.8 Å². The molecule has 5 nitrogen and oxygen atoms in total. The summed E-state index contributed by atoms with van der Waals surface area (Å²) in [5, 5.41) is 4.62. The monoisotopic (exact) mass is 404 g/mol. The largest absolute Gasteiger partial charge is 0.497 e. The van der Waals surface area contributed by atoms with Crippen molar-refractivity contribution in [1.29, 1.82) is 0 Å². The van der Waals surface area contributed by atoms with Crippen LogP contribution in [-0.4, -0.2) is 31.2 Å². The van der Waals surface area contributed by atoms with Crippen LogP contribution in [0.25, 0.3) is 10.9 Å². The van der Waals surface area contributed by atoms with Gasteiger partial charge in [0.1, 0.15) is 5.75 Å². The number of H-pyrrole nitrogens is 1. The number of aryl methyl sites for hydroxylation is 1. The molecule has 1 aromatic heterocycles. The number of rotatable bonds is 4. The highest BCUT2D eigenvalue weighted by Crippen LogP contribution is 2.39. The minimum absolute atomic E-state index is 0.00285. The van der Waals surface area contributed by atoms with Crippen LogP contribution in [-0.2, 0) is 21.4 Å². The van der Waals surface area contributed by atoms with E-state index in [1.165, 1.54) is 10.9 Å². The van der Waals surface area contributed by atoms with Gasteiger partial charge in [-0.05, 0) is 61.4 Å². The van der Waals surface area contributed by atoms with Gasteiger partial charge in [-0.3, -0.25) is 4.79 Å². The van der Waals surface area contributed by atoms with E-state index in [0.29, 0.717) is 26.1 Å². The van der Waals surface area contributed by atoms with Crippen molar-refractivity contribution in [2.75, 3.05) is 20.3 Å². The second kappa shape index (κ2) is 7.80. The molecule has 156 valence electrons. The van der Waals surface area contributed by atoms with Crippen LogP contribution in [0.15, 0.2) is 48.5 Å². The van der Waals surface area contributed by atoms with Gasteiger partial charge in [0, 0.05) is 29.8 Å². The number of hydrogen-bond donors (Lipinski definition) is 2. The summed E-state index contributed by atoms with van der Waals surface area (Å²) in [6.07, 6.45) is 4.46. The first-order chi connectivity index (χ1) is 14.7. The Kier molecular flexibility index (Phi) is 4.99. The fourth-order valence-corrected chi connectivity index (χ4v) is 5.13. The van der Waals surface area contributed by atoms with Gasteiger partial charge in [-0.15, -0.1) is 0 Å². The lowest BCUT2D eigenvalue weighted by molar-refractivity contribution is -0.131. The lowest BCUT2D eigenvalue weighted by Gasteiger charge is -2.38. The maximum atomic E-state index is 13.7. The third-order valence-corrected chi connectivity index (χ3v) is 6.83. The van der Waals surface area contributed by atoms with E-state index in [0.717, 1.165) is 41.8 Å². The summed E-state index contributed by atoms with van der Waals surface area (Å²) in [4.78, 5) is 17.3. The molecule has 5 rings (SSSR count). The van der Waals surface area contributed by atoms with Crippen LogP contribution in [0.2, 0.25) is 0 Å². The number of ether oxygens (including phenoxy) is 2. The number of fused-ring (bicyclic) bond motifs is 3. The normalized spacial score (nSPS) is 20.5. The summed E-state index contributed by atoms with van der Waals surface area (Å²) in [5.74, 6) is 0.979. The zero-order valence-electron chi connectivity index (χ0n) is 17.4. The van der Waals surface area contributed by atoms with Crippen molar-refractivity contribution < 1.29 is 14.3 Å². The number of amides is 1. The number of nitrogens with one attached hydrogen (secondary N) is 2. The van der Waals surface area contributed by atoms with Gasteiger partial charge < -0.3 is 19.8 Å². The van der Waals surface area contributed by atoms with E-state index in [1.54, 1.807) is 7.11 Å². The molecule has 0 radical (unpaired) electrons. The number of methoxy groups -OCH3 is 1. The Morgan fingerprint density at radius 3 is 2.73 bits per heavy atom.